The monoisotopic (exact) mass is 392 g/mol. The highest BCUT2D eigenvalue weighted by molar-refractivity contribution is 5.97. The van der Waals surface area contributed by atoms with E-state index in [2.05, 4.69) is 16.8 Å². The lowest BCUT2D eigenvalue weighted by Crippen LogP contribution is -2.24. The Bertz CT molecular complexity index is 977. The fourth-order valence-corrected chi connectivity index (χ4v) is 3.41. The van der Waals surface area contributed by atoms with Gasteiger partial charge < -0.3 is 19.4 Å². The van der Waals surface area contributed by atoms with Crippen LogP contribution in [0.25, 0.3) is 16.9 Å². The molecule has 0 saturated heterocycles. The highest BCUT2D eigenvalue weighted by Gasteiger charge is 2.21. The summed E-state index contributed by atoms with van der Waals surface area (Å²) in [7, 11) is 3.27. The van der Waals surface area contributed by atoms with Crippen LogP contribution in [0, 0.1) is 6.92 Å². The largest absolute Gasteiger partial charge is 0.497 e. The number of aromatic nitrogens is 1. The minimum absolute atomic E-state index is 0.0561. The molecule has 5 nitrogen and oxygen atoms in total. The number of nitrogens with zero attached hydrogens (tertiary/aromatic N) is 1. The molecule has 1 heterocycles. The van der Waals surface area contributed by atoms with Gasteiger partial charge in [-0.2, -0.15) is 0 Å². The molecular weight excluding hydrogens is 364 g/mol. The smallest absolute Gasteiger partial charge is 0.253 e. The number of carbonyl (C=O) groups is 1. The molecule has 0 fully saturated rings. The molecule has 0 aliphatic heterocycles. The zero-order chi connectivity index (χ0) is 20.8. The molecule has 0 saturated carbocycles. The second-order valence-corrected chi connectivity index (χ2v) is 6.88. The Labute approximate surface area is 172 Å². The van der Waals surface area contributed by atoms with E-state index in [1.165, 1.54) is 0 Å². The molecule has 0 aliphatic rings. The molecule has 1 amide bonds. The van der Waals surface area contributed by atoms with Gasteiger partial charge in [0.1, 0.15) is 11.5 Å². The Kier molecular flexibility index (Phi) is 6.60. The first-order valence-electron chi connectivity index (χ1n) is 9.89. The number of amides is 1. The van der Waals surface area contributed by atoms with Crippen LogP contribution in [0.15, 0.2) is 54.6 Å². The minimum Gasteiger partial charge on any atom is -0.497 e. The fourth-order valence-electron chi connectivity index (χ4n) is 3.41. The van der Waals surface area contributed by atoms with Gasteiger partial charge in [-0.25, -0.2) is 0 Å². The summed E-state index contributed by atoms with van der Waals surface area (Å²) in [5.74, 6) is 1.34. The van der Waals surface area contributed by atoms with E-state index in [0.29, 0.717) is 23.6 Å². The van der Waals surface area contributed by atoms with Crippen LogP contribution >= 0.6 is 0 Å². The van der Waals surface area contributed by atoms with Gasteiger partial charge in [0.05, 0.1) is 31.2 Å². The maximum absolute atomic E-state index is 12.8. The molecule has 1 N–H and O–H groups in total. The number of hydrogen-bond acceptors (Lipinski definition) is 3. The summed E-state index contributed by atoms with van der Waals surface area (Å²) >= 11 is 0. The summed E-state index contributed by atoms with van der Waals surface area (Å²) in [4.78, 5) is 12.8. The van der Waals surface area contributed by atoms with Crippen LogP contribution in [0.4, 0.5) is 0 Å². The zero-order valence-corrected chi connectivity index (χ0v) is 17.5. The molecule has 0 atom stereocenters. The number of nitrogens with one attached hydrogen (secondary N) is 1. The summed E-state index contributed by atoms with van der Waals surface area (Å²) < 4.78 is 13.0. The normalized spacial score (nSPS) is 10.6. The Morgan fingerprint density at radius 2 is 1.79 bits per heavy atom. The summed E-state index contributed by atoms with van der Waals surface area (Å²) in [5.41, 5.74) is 4.35. The van der Waals surface area contributed by atoms with E-state index in [-0.39, 0.29) is 5.91 Å². The molecule has 0 radical (unpaired) electrons. The topological polar surface area (TPSA) is 52.5 Å². The van der Waals surface area contributed by atoms with E-state index in [9.17, 15) is 4.79 Å². The van der Waals surface area contributed by atoms with Crippen molar-refractivity contribution in [1.82, 2.24) is 9.88 Å². The highest BCUT2D eigenvalue weighted by Crippen LogP contribution is 2.35. The van der Waals surface area contributed by atoms with Crippen molar-refractivity contribution in [1.29, 1.82) is 0 Å². The first-order valence-corrected chi connectivity index (χ1v) is 9.89. The van der Waals surface area contributed by atoms with Gasteiger partial charge in [0, 0.05) is 18.3 Å². The lowest BCUT2D eigenvalue weighted by molar-refractivity contribution is 0.0952. The first kappa shape index (κ1) is 20.5. The third kappa shape index (κ3) is 4.29. The first-order chi connectivity index (χ1) is 14.1. The summed E-state index contributed by atoms with van der Waals surface area (Å²) in [6, 6.07) is 17.7. The molecule has 3 rings (SSSR count). The maximum Gasteiger partial charge on any atom is 0.253 e. The quantitative estimate of drug-likeness (QED) is 0.549. The summed E-state index contributed by atoms with van der Waals surface area (Å²) in [6.07, 6.45) is 2.00. The second-order valence-electron chi connectivity index (χ2n) is 6.88. The predicted molar refractivity (Wildman–Crippen MR) is 116 cm³/mol. The van der Waals surface area contributed by atoms with Crippen molar-refractivity contribution in [2.75, 3.05) is 20.8 Å². The molecule has 0 aliphatic carbocycles. The fraction of sp³-hybridized carbons (Fsp3) is 0.292. The van der Waals surface area contributed by atoms with Gasteiger partial charge in [-0.3, -0.25) is 4.79 Å². The van der Waals surface area contributed by atoms with Crippen molar-refractivity contribution in [2.24, 2.45) is 0 Å². The lowest BCUT2D eigenvalue weighted by Gasteiger charge is -2.16. The van der Waals surface area contributed by atoms with E-state index in [0.717, 1.165) is 35.5 Å². The van der Waals surface area contributed by atoms with Crippen molar-refractivity contribution in [3.8, 4) is 28.4 Å². The van der Waals surface area contributed by atoms with Gasteiger partial charge in [-0.05, 0) is 37.1 Å². The Morgan fingerprint density at radius 3 is 2.45 bits per heavy atom. The van der Waals surface area contributed by atoms with Crippen LogP contribution in [-0.4, -0.2) is 31.2 Å². The van der Waals surface area contributed by atoms with Crippen LogP contribution in [0.3, 0.4) is 0 Å². The molecular formula is C24H28N2O3. The Balaban J connectivity index is 2.16. The SMILES string of the molecule is CCCCNC(=O)c1cc(-c2ccccc2)n(-c2ccc(OC)cc2OC)c1C. The van der Waals surface area contributed by atoms with E-state index < -0.39 is 0 Å². The maximum atomic E-state index is 12.8. The van der Waals surface area contributed by atoms with Crippen molar-refractivity contribution in [2.45, 2.75) is 26.7 Å². The van der Waals surface area contributed by atoms with Crippen LogP contribution in [-0.2, 0) is 0 Å². The third-order valence-corrected chi connectivity index (χ3v) is 5.01. The van der Waals surface area contributed by atoms with Gasteiger partial charge in [0.2, 0.25) is 0 Å². The highest BCUT2D eigenvalue weighted by atomic mass is 16.5. The van der Waals surface area contributed by atoms with Crippen LogP contribution in [0.2, 0.25) is 0 Å². The number of methoxy groups -OCH3 is 2. The molecule has 0 unspecified atom stereocenters. The molecule has 152 valence electrons. The Hall–Kier alpha value is -3.21. The molecule has 0 bridgehead atoms. The van der Waals surface area contributed by atoms with Crippen LogP contribution in [0.5, 0.6) is 11.5 Å². The van der Waals surface area contributed by atoms with Crippen molar-refractivity contribution in [3.63, 3.8) is 0 Å². The molecule has 3 aromatic rings. The van der Waals surface area contributed by atoms with Gasteiger partial charge in [0.25, 0.3) is 5.91 Å². The van der Waals surface area contributed by atoms with Gasteiger partial charge in [-0.15, -0.1) is 0 Å². The van der Waals surface area contributed by atoms with E-state index >= 15 is 0 Å². The third-order valence-electron chi connectivity index (χ3n) is 5.01. The molecule has 5 heteroatoms. The van der Waals surface area contributed by atoms with Gasteiger partial charge >= 0.3 is 0 Å². The van der Waals surface area contributed by atoms with E-state index in [4.69, 9.17) is 9.47 Å². The van der Waals surface area contributed by atoms with Crippen LogP contribution in [0.1, 0.15) is 35.8 Å². The number of carbonyl (C=O) groups excluding carboxylic acids is 1. The van der Waals surface area contributed by atoms with E-state index in [1.54, 1.807) is 14.2 Å². The minimum atomic E-state index is -0.0561. The Morgan fingerprint density at radius 1 is 1.03 bits per heavy atom. The molecule has 29 heavy (non-hydrogen) atoms. The number of benzene rings is 2. The number of rotatable bonds is 8. The lowest BCUT2D eigenvalue weighted by atomic mass is 10.1. The second kappa shape index (κ2) is 9.32. The van der Waals surface area contributed by atoms with Gasteiger partial charge in [0.15, 0.2) is 0 Å². The number of hydrogen-bond donors (Lipinski definition) is 1. The van der Waals surface area contributed by atoms with Gasteiger partial charge in [-0.1, -0.05) is 43.7 Å². The number of ether oxygens (including phenoxy) is 2. The van der Waals surface area contributed by atoms with Crippen molar-refractivity contribution in [3.05, 3.63) is 65.9 Å². The number of unbranched alkanes of at least 4 members (excludes halogenated alkanes) is 1. The van der Waals surface area contributed by atoms with E-state index in [1.807, 2.05) is 61.5 Å². The summed E-state index contributed by atoms with van der Waals surface area (Å²) in [5, 5.41) is 3.03. The average molecular weight is 392 g/mol. The predicted octanol–water partition coefficient (Wildman–Crippen LogP) is 5.00. The summed E-state index contributed by atoms with van der Waals surface area (Å²) in [6.45, 7) is 4.74. The van der Waals surface area contributed by atoms with Crippen LogP contribution < -0.4 is 14.8 Å². The molecule has 0 spiro atoms. The standard InChI is InChI=1S/C24H28N2O3/c1-5-6-14-25-24(27)20-16-22(18-10-8-7-9-11-18)26(17(20)2)21-13-12-19(28-3)15-23(21)29-4/h7-13,15-16H,5-6,14H2,1-4H3,(H,25,27). The zero-order valence-electron chi connectivity index (χ0n) is 17.5. The molecule has 1 aromatic heterocycles. The average Bonchev–Trinajstić information content (AvgIpc) is 3.11. The van der Waals surface area contributed by atoms with Crippen molar-refractivity contribution >= 4 is 5.91 Å². The van der Waals surface area contributed by atoms with Crippen molar-refractivity contribution < 1.29 is 14.3 Å². The molecule has 2 aromatic carbocycles.